The lowest BCUT2D eigenvalue weighted by Crippen LogP contribution is -2.35. The molecule has 0 fully saturated rings. The van der Waals surface area contributed by atoms with Gasteiger partial charge < -0.3 is 15.0 Å². The van der Waals surface area contributed by atoms with Crippen LogP contribution in [0, 0.1) is 0 Å². The van der Waals surface area contributed by atoms with Gasteiger partial charge in [-0.1, -0.05) is 60.7 Å². The van der Waals surface area contributed by atoms with Crippen LogP contribution < -0.4 is 15.0 Å². The zero-order valence-electron chi connectivity index (χ0n) is 16.3. The predicted molar refractivity (Wildman–Crippen MR) is 115 cm³/mol. The van der Waals surface area contributed by atoms with Gasteiger partial charge in [-0.3, -0.25) is 4.79 Å². The van der Waals surface area contributed by atoms with Gasteiger partial charge >= 0.3 is 0 Å². The van der Waals surface area contributed by atoms with Crippen molar-refractivity contribution < 1.29 is 9.53 Å². The molecule has 0 bridgehead atoms. The van der Waals surface area contributed by atoms with Crippen LogP contribution in [0.15, 0.2) is 84.9 Å². The summed E-state index contributed by atoms with van der Waals surface area (Å²) in [6, 6.07) is 27.5. The van der Waals surface area contributed by atoms with E-state index >= 15 is 0 Å². The van der Waals surface area contributed by atoms with E-state index in [1.54, 1.807) is 4.90 Å². The van der Waals surface area contributed by atoms with Crippen molar-refractivity contribution in [1.29, 1.82) is 0 Å². The number of anilines is 2. The highest BCUT2D eigenvalue weighted by atomic mass is 16.5. The number of benzene rings is 3. The molecule has 0 saturated heterocycles. The predicted octanol–water partition coefficient (Wildman–Crippen LogP) is 5.12. The lowest BCUT2D eigenvalue weighted by Gasteiger charge is -2.24. The summed E-state index contributed by atoms with van der Waals surface area (Å²) >= 11 is 0. The molecule has 0 saturated carbocycles. The summed E-state index contributed by atoms with van der Waals surface area (Å²) in [5.41, 5.74) is 2.78. The lowest BCUT2D eigenvalue weighted by molar-refractivity contribution is -0.117. The van der Waals surface area contributed by atoms with Crippen molar-refractivity contribution in [3.8, 4) is 5.75 Å². The molecule has 1 amide bonds. The Hall–Kier alpha value is -3.27. The summed E-state index contributed by atoms with van der Waals surface area (Å²) in [5.74, 6) is 0.744. The van der Waals surface area contributed by atoms with Crippen molar-refractivity contribution in [2.24, 2.45) is 0 Å². The van der Waals surface area contributed by atoms with Crippen molar-refractivity contribution in [2.45, 2.75) is 26.5 Å². The van der Waals surface area contributed by atoms with Crippen LogP contribution in [0.2, 0.25) is 0 Å². The van der Waals surface area contributed by atoms with Crippen molar-refractivity contribution in [1.82, 2.24) is 0 Å². The molecule has 1 N–H and O–H groups in total. The van der Waals surface area contributed by atoms with E-state index in [0.29, 0.717) is 6.54 Å². The first-order valence-corrected chi connectivity index (χ1v) is 9.52. The Balaban J connectivity index is 1.75. The van der Waals surface area contributed by atoms with Gasteiger partial charge in [0.05, 0.1) is 24.9 Å². The Bertz CT molecular complexity index is 879. The first-order chi connectivity index (χ1) is 13.6. The van der Waals surface area contributed by atoms with E-state index in [-0.39, 0.29) is 18.6 Å². The second kappa shape index (κ2) is 9.60. The molecule has 3 rings (SSSR count). The van der Waals surface area contributed by atoms with Crippen LogP contribution >= 0.6 is 0 Å². The summed E-state index contributed by atoms with van der Waals surface area (Å²) in [4.78, 5) is 14.9. The fourth-order valence-electron chi connectivity index (χ4n) is 2.93. The van der Waals surface area contributed by atoms with E-state index in [9.17, 15) is 4.79 Å². The zero-order valence-corrected chi connectivity index (χ0v) is 16.3. The van der Waals surface area contributed by atoms with Crippen molar-refractivity contribution >= 4 is 17.3 Å². The van der Waals surface area contributed by atoms with Crippen LogP contribution in [0.3, 0.4) is 0 Å². The second-order valence-corrected chi connectivity index (χ2v) is 6.82. The second-order valence-electron chi connectivity index (χ2n) is 6.82. The molecule has 0 radical (unpaired) electrons. The largest absolute Gasteiger partial charge is 0.489 e. The maximum absolute atomic E-state index is 13.1. The fourth-order valence-corrected chi connectivity index (χ4v) is 2.93. The third-order valence-electron chi connectivity index (χ3n) is 4.23. The molecule has 3 aromatic carbocycles. The van der Waals surface area contributed by atoms with E-state index < -0.39 is 0 Å². The van der Waals surface area contributed by atoms with Gasteiger partial charge in [0.1, 0.15) is 5.75 Å². The minimum absolute atomic E-state index is 0.00518. The van der Waals surface area contributed by atoms with Crippen LogP contribution in [0.25, 0.3) is 0 Å². The third kappa shape index (κ3) is 5.36. The first kappa shape index (κ1) is 19.5. The smallest absolute Gasteiger partial charge is 0.246 e. The average molecular weight is 374 g/mol. The van der Waals surface area contributed by atoms with Gasteiger partial charge in [-0.05, 0) is 43.7 Å². The number of nitrogens with one attached hydrogen (secondary N) is 1. The Morgan fingerprint density at radius 1 is 0.893 bits per heavy atom. The molecular formula is C24H26N2O2. The Kier molecular flexibility index (Phi) is 6.68. The maximum atomic E-state index is 13.1. The van der Waals surface area contributed by atoms with Crippen LogP contribution in [-0.2, 0) is 11.3 Å². The van der Waals surface area contributed by atoms with E-state index in [4.69, 9.17) is 4.74 Å². The lowest BCUT2D eigenvalue weighted by atomic mass is 10.2. The molecule has 0 aromatic heterocycles. The summed E-state index contributed by atoms with van der Waals surface area (Å²) in [5, 5.41) is 3.24. The summed E-state index contributed by atoms with van der Waals surface area (Å²) in [6.07, 6.45) is 0.0672. The number of carbonyl (C=O) groups excluding carboxylic acids is 1. The first-order valence-electron chi connectivity index (χ1n) is 9.52. The molecular weight excluding hydrogens is 348 g/mol. The normalized spacial score (nSPS) is 10.5. The van der Waals surface area contributed by atoms with Gasteiger partial charge in [-0.25, -0.2) is 0 Å². The SMILES string of the molecule is CC(C)Oc1ccccc1NCC(=O)N(Cc1ccccc1)c1ccccc1. The van der Waals surface area contributed by atoms with E-state index in [1.165, 1.54) is 0 Å². The molecule has 144 valence electrons. The maximum Gasteiger partial charge on any atom is 0.246 e. The van der Waals surface area contributed by atoms with Gasteiger partial charge in [0.25, 0.3) is 0 Å². The van der Waals surface area contributed by atoms with Gasteiger partial charge in [0, 0.05) is 5.69 Å². The van der Waals surface area contributed by atoms with Gasteiger partial charge in [0.2, 0.25) is 5.91 Å². The number of para-hydroxylation sites is 3. The number of hydrogen-bond donors (Lipinski definition) is 1. The number of carbonyl (C=O) groups is 1. The molecule has 28 heavy (non-hydrogen) atoms. The van der Waals surface area contributed by atoms with Crippen LogP contribution in [0.4, 0.5) is 11.4 Å². The summed E-state index contributed by atoms with van der Waals surface area (Å²) in [7, 11) is 0. The molecule has 0 unspecified atom stereocenters. The molecule has 0 aliphatic carbocycles. The highest BCUT2D eigenvalue weighted by molar-refractivity contribution is 5.96. The third-order valence-corrected chi connectivity index (χ3v) is 4.23. The number of rotatable bonds is 8. The standard InChI is InChI=1S/C24H26N2O2/c1-19(2)28-23-16-10-9-15-22(23)25-17-24(27)26(21-13-7-4-8-14-21)18-20-11-5-3-6-12-20/h3-16,19,25H,17-18H2,1-2H3. The molecule has 0 atom stereocenters. The van der Waals surface area contributed by atoms with Crippen molar-refractivity contribution in [2.75, 3.05) is 16.8 Å². The molecule has 0 heterocycles. The number of amides is 1. The van der Waals surface area contributed by atoms with Crippen molar-refractivity contribution in [3.63, 3.8) is 0 Å². The molecule has 4 nitrogen and oxygen atoms in total. The Labute approximate surface area is 166 Å². The monoisotopic (exact) mass is 374 g/mol. The minimum atomic E-state index is -0.00518. The van der Waals surface area contributed by atoms with E-state index in [1.807, 2.05) is 98.8 Å². The Morgan fingerprint density at radius 3 is 2.18 bits per heavy atom. The fraction of sp³-hybridized carbons (Fsp3) is 0.208. The highest BCUT2D eigenvalue weighted by Gasteiger charge is 2.16. The van der Waals surface area contributed by atoms with Crippen LogP contribution in [0.1, 0.15) is 19.4 Å². The van der Waals surface area contributed by atoms with Crippen molar-refractivity contribution in [3.05, 3.63) is 90.5 Å². The van der Waals surface area contributed by atoms with Gasteiger partial charge in [-0.2, -0.15) is 0 Å². The average Bonchev–Trinajstić information content (AvgIpc) is 2.72. The zero-order chi connectivity index (χ0) is 19.8. The summed E-state index contributed by atoms with van der Waals surface area (Å²) < 4.78 is 5.83. The van der Waals surface area contributed by atoms with Gasteiger partial charge in [-0.15, -0.1) is 0 Å². The number of hydrogen-bond acceptors (Lipinski definition) is 3. The van der Waals surface area contributed by atoms with Gasteiger partial charge in [0.15, 0.2) is 0 Å². The molecule has 4 heteroatoms. The minimum Gasteiger partial charge on any atom is -0.489 e. The molecule has 3 aromatic rings. The summed E-state index contributed by atoms with van der Waals surface area (Å²) in [6.45, 7) is 4.67. The topological polar surface area (TPSA) is 41.6 Å². The van der Waals surface area contributed by atoms with E-state index in [2.05, 4.69) is 5.32 Å². The van der Waals surface area contributed by atoms with E-state index in [0.717, 1.165) is 22.7 Å². The molecule has 0 aliphatic heterocycles. The number of nitrogens with zero attached hydrogens (tertiary/aromatic N) is 1. The highest BCUT2D eigenvalue weighted by Crippen LogP contribution is 2.25. The molecule has 0 aliphatic rings. The van der Waals surface area contributed by atoms with Crippen LogP contribution in [-0.4, -0.2) is 18.6 Å². The Morgan fingerprint density at radius 2 is 1.50 bits per heavy atom. The van der Waals surface area contributed by atoms with Crippen LogP contribution in [0.5, 0.6) is 5.75 Å². The quantitative estimate of drug-likeness (QED) is 0.595. The molecule has 0 spiro atoms. The number of ether oxygens (including phenoxy) is 1.